The second kappa shape index (κ2) is 8.46. The molecule has 0 saturated heterocycles. The van der Waals surface area contributed by atoms with Crippen LogP contribution in [0.15, 0.2) is 48.7 Å². The van der Waals surface area contributed by atoms with Crippen LogP contribution >= 0.6 is 0 Å². The van der Waals surface area contributed by atoms with Crippen LogP contribution in [0.4, 0.5) is 11.4 Å². The number of rotatable bonds is 8. The van der Waals surface area contributed by atoms with Crippen molar-refractivity contribution in [3.8, 4) is 5.75 Å². The van der Waals surface area contributed by atoms with Crippen molar-refractivity contribution in [3.63, 3.8) is 0 Å². The maximum atomic E-state index is 11.2. The zero-order valence-electron chi connectivity index (χ0n) is 15.3. The summed E-state index contributed by atoms with van der Waals surface area (Å²) in [5.41, 5.74) is 3.25. The summed E-state index contributed by atoms with van der Waals surface area (Å²) >= 11 is 0. The summed E-state index contributed by atoms with van der Waals surface area (Å²) in [6.07, 6.45) is 1.57. The molecule has 140 valence electrons. The van der Waals surface area contributed by atoms with Crippen LogP contribution in [-0.4, -0.2) is 30.2 Å². The number of aromatic nitrogens is 1. The normalized spacial score (nSPS) is 10.7. The minimum Gasteiger partial charge on any atom is -0.491 e. The number of anilines is 1. The number of hydrogen-bond acceptors (Lipinski definition) is 6. The topological polar surface area (TPSA) is 86.5 Å². The third-order valence-corrected chi connectivity index (χ3v) is 4.18. The summed E-state index contributed by atoms with van der Waals surface area (Å²) < 4.78 is 10.9. The fraction of sp³-hybridized carbons (Fsp3) is 0.250. The van der Waals surface area contributed by atoms with Gasteiger partial charge in [-0.3, -0.25) is 10.1 Å². The number of nitrogens with zero attached hydrogens (tertiary/aromatic N) is 2. The van der Waals surface area contributed by atoms with E-state index >= 15 is 0 Å². The van der Waals surface area contributed by atoms with Crippen molar-refractivity contribution >= 4 is 22.3 Å². The predicted molar refractivity (Wildman–Crippen MR) is 104 cm³/mol. The van der Waals surface area contributed by atoms with Gasteiger partial charge in [0.15, 0.2) is 0 Å². The third-order valence-electron chi connectivity index (χ3n) is 4.18. The Bertz CT molecular complexity index is 959. The average molecular weight is 367 g/mol. The Morgan fingerprint density at radius 2 is 2.04 bits per heavy atom. The number of nitro benzene ring substituents is 1. The Balaban J connectivity index is 1.85. The molecule has 0 spiro atoms. The molecule has 3 aromatic rings. The van der Waals surface area contributed by atoms with E-state index in [1.165, 1.54) is 6.07 Å². The van der Waals surface area contributed by atoms with Crippen LogP contribution < -0.4 is 10.1 Å². The largest absolute Gasteiger partial charge is 0.491 e. The Kier molecular flexibility index (Phi) is 5.83. The number of ether oxygens (including phenoxy) is 2. The van der Waals surface area contributed by atoms with E-state index in [0.717, 1.165) is 22.6 Å². The quantitative estimate of drug-likeness (QED) is 0.367. The Morgan fingerprint density at radius 3 is 2.81 bits per heavy atom. The van der Waals surface area contributed by atoms with E-state index in [0.29, 0.717) is 30.7 Å². The fourth-order valence-electron chi connectivity index (χ4n) is 2.83. The molecule has 0 atom stereocenters. The Morgan fingerprint density at radius 1 is 1.19 bits per heavy atom. The van der Waals surface area contributed by atoms with Gasteiger partial charge in [0.2, 0.25) is 0 Å². The zero-order chi connectivity index (χ0) is 19.2. The molecule has 27 heavy (non-hydrogen) atoms. The molecule has 0 radical (unpaired) electrons. The van der Waals surface area contributed by atoms with Crippen LogP contribution in [0.25, 0.3) is 10.9 Å². The standard InChI is InChI=1S/C20H21N3O4/c1-14-6-7-15(19(12-14)27-11-10-26-2)13-22-17-8-9-21-20-16(17)4-3-5-18(20)23(24)25/h3-9,12H,10-11,13H2,1-2H3,(H,21,22). The first-order valence-electron chi connectivity index (χ1n) is 8.57. The lowest BCUT2D eigenvalue weighted by Crippen LogP contribution is -2.08. The van der Waals surface area contributed by atoms with E-state index in [2.05, 4.69) is 10.3 Å². The second-order valence-electron chi connectivity index (χ2n) is 6.09. The summed E-state index contributed by atoms with van der Waals surface area (Å²) in [7, 11) is 1.63. The molecule has 7 nitrogen and oxygen atoms in total. The van der Waals surface area contributed by atoms with Crippen molar-refractivity contribution in [1.29, 1.82) is 0 Å². The summed E-state index contributed by atoms with van der Waals surface area (Å²) in [5, 5.41) is 15.3. The minimum absolute atomic E-state index is 0.00456. The van der Waals surface area contributed by atoms with Gasteiger partial charge in [0.05, 0.1) is 11.5 Å². The van der Waals surface area contributed by atoms with Crippen molar-refractivity contribution in [2.24, 2.45) is 0 Å². The van der Waals surface area contributed by atoms with Gasteiger partial charge in [0, 0.05) is 42.6 Å². The number of benzene rings is 2. The molecule has 0 bridgehead atoms. The van der Waals surface area contributed by atoms with Crippen LogP contribution in [0.2, 0.25) is 0 Å². The lowest BCUT2D eigenvalue weighted by atomic mass is 10.1. The fourth-order valence-corrected chi connectivity index (χ4v) is 2.83. The molecule has 0 fully saturated rings. The van der Waals surface area contributed by atoms with Crippen molar-refractivity contribution in [2.75, 3.05) is 25.6 Å². The molecule has 0 aliphatic heterocycles. The van der Waals surface area contributed by atoms with E-state index in [4.69, 9.17) is 9.47 Å². The molecule has 0 aliphatic rings. The number of hydrogen-bond donors (Lipinski definition) is 1. The van der Waals surface area contributed by atoms with E-state index < -0.39 is 4.92 Å². The van der Waals surface area contributed by atoms with E-state index in [1.807, 2.05) is 37.3 Å². The highest BCUT2D eigenvalue weighted by Gasteiger charge is 2.14. The lowest BCUT2D eigenvalue weighted by molar-refractivity contribution is -0.383. The number of non-ortho nitro benzene ring substituents is 1. The van der Waals surface area contributed by atoms with Crippen molar-refractivity contribution in [2.45, 2.75) is 13.5 Å². The highest BCUT2D eigenvalue weighted by molar-refractivity contribution is 5.96. The number of pyridine rings is 1. The summed E-state index contributed by atoms with van der Waals surface area (Å²) in [6, 6.07) is 12.8. The molecule has 1 aromatic heterocycles. The number of methoxy groups -OCH3 is 1. The van der Waals surface area contributed by atoms with Gasteiger partial charge in [-0.2, -0.15) is 0 Å². The number of para-hydroxylation sites is 1. The van der Waals surface area contributed by atoms with Crippen LogP contribution in [0, 0.1) is 17.0 Å². The molecule has 0 amide bonds. The van der Waals surface area contributed by atoms with Crippen molar-refractivity contribution < 1.29 is 14.4 Å². The maximum Gasteiger partial charge on any atom is 0.295 e. The summed E-state index contributed by atoms with van der Waals surface area (Å²) in [4.78, 5) is 15.0. The van der Waals surface area contributed by atoms with E-state index in [1.54, 1.807) is 19.4 Å². The molecule has 3 rings (SSSR count). The second-order valence-corrected chi connectivity index (χ2v) is 6.09. The van der Waals surface area contributed by atoms with Gasteiger partial charge in [-0.05, 0) is 24.6 Å². The van der Waals surface area contributed by atoms with E-state index in [-0.39, 0.29) is 5.69 Å². The highest BCUT2D eigenvalue weighted by Crippen LogP contribution is 2.29. The molecule has 0 unspecified atom stereocenters. The summed E-state index contributed by atoms with van der Waals surface area (Å²) in [6.45, 7) is 3.51. The molecule has 1 heterocycles. The van der Waals surface area contributed by atoms with Crippen LogP contribution in [0.3, 0.4) is 0 Å². The molecule has 2 aromatic carbocycles. The summed E-state index contributed by atoms with van der Waals surface area (Å²) in [5.74, 6) is 0.795. The maximum absolute atomic E-state index is 11.2. The number of aryl methyl sites for hydroxylation is 1. The number of fused-ring (bicyclic) bond motifs is 1. The molecule has 1 N–H and O–H groups in total. The molecular weight excluding hydrogens is 346 g/mol. The predicted octanol–water partition coefficient (Wildman–Crippen LogP) is 4.09. The Labute approximate surface area is 157 Å². The first-order chi connectivity index (χ1) is 13.1. The minimum atomic E-state index is -0.416. The van der Waals surface area contributed by atoms with Crippen molar-refractivity contribution in [1.82, 2.24) is 4.98 Å². The average Bonchev–Trinajstić information content (AvgIpc) is 2.67. The molecule has 7 heteroatoms. The van der Waals surface area contributed by atoms with Gasteiger partial charge in [-0.25, -0.2) is 4.98 Å². The van der Waals surface area contributed by atoms with Crippen molar-refractivity contribution in [3.05, 3.63) is 69.9 Å². The lowest BCUT2D eigenvalue weighted by Gasteiger charge is -2.14. The molecular formula is C20H21N3O4. The van der Waals surface area contributed by atoms with Crippen LogP contribution in [-0.2, 0) is 11.3 Å². The third kappa shape index (κ3) is 4.32. The molecule has 0 saturated carbocycles. The number of nitrogens with one attached hydrogen (secondary N) is 1. The van der Waals surface area contributed by atoms with Gasteiger partial charge < -0.3 is 14.8 Å². The Hall–Kier alpha value is -3.19. The van der Waals surface area contributed by atoms with E-state index in [9.17, 15) is 10.1 Å². The first-order valence-corrected chi connectivity index (χ1v) is 8.57. The van der Waals surface area contributed by atoms with Gasteiger partial charge in [-0.1, -0.05) is 24.3 Å². The monoisotopic (exact) mass is 367 g/mol. The smallest absolute Gasteiger partial charge is 0.295 e. The van der Waals surface area contributed by atoms with Crippen LogP contribution in [0.1, 0.15) is 11.1 Å². The highest BCUT2D eigenvalue weighted by atomic mass is 16.6. The zero-order valence-corrected chi connectivity index (χ0v) is 15.3. The van der Waals surface area contributed by atoms with Gasteiger partial charge >= 0.3 is 0 Å². The number of nitro groups is 1. The van der Waals surface area contributed by atoms with Gasteiger partial charge in [0.1, 0.15) is 17.9 Å². The van der Waals surface area contributed by atoms with Crippen LogP contribution in [0.5, 0.6) is 5.75 Å². The molecule has 0 aliphatic carbocycles. The first kappa shape index (κ1) is 18.6. The van der Waals surface area contributed by atoms with Gasteiger partial charge in [-0.15, -0.1) is 0 Å². The van der Waals surface area contributed by atoms with Gasteiger partial charge in [0.25, 0.3) is 5.69 Å². The SMILES string of the molecule is COCCOc1cc(C)ccc1CNc1ccnc2c([N+](=O)[O-])cccc12.